The molecule has 0 aromatic heterocycles. The van der Waals surface area contributed by atoms with Gasteiger partial charge in [0.1, 0.15) is 0 Å². The molecule has 1 unspecified atom stereocenters. The second-order valence-corrected chi connectivity index (χ2v) is 3.28. The Balaban J connectivity index is 3.80. The zero-order chi connectivity index (χ0) is 11.0. The van der Waals surface area contributed by atoms with Crippen molar-refractivity contribution in [3.63, 3.8) is 0 Å². The Morgan fingerprint density at radius 2 is 2.21 bits per heavy atom. The van der Waals surface area contributed by atoms with Gasteiger partial charge in [-0.2, -0.15) is 0 Å². The summed E-state index contributed by atoms with van der Waals surface area (Å²) < 4.78 is 5.05. The number of nitrogens with zero attached hydrogens (tertiary/aromatic N) is 1. The Morgan fingerprint density at radius 1 is 1.57 bits per heavy atom. The number of carbonyl (C=O) groups excluding carboxylic acids is 1. The first-order chi connectivity index (χ1) is 6.65. The van der Waals surface area contributed by atoms with Gasteiger partial charge in [-0.15, -0.1) is 0 Å². The molecule has 1 N–H and O–H groups in total. The van der Waals surface area contributed by atoms with Crippen LogP contribution in [0.25, 0.3) is 0 Å². The molecule has 0 aliphatic carbocycles. The molecular formula is C10H21NO3. The van der Waals surface area contributed by atoms with Gasteiger partial charge in [0.25, 0.3) is 0 Å². The van der Waals surface area contributed by atoms with E-state index in [4.69, 9.17) is 9.84 Å². The number of ether oxygens (including phenoxy) is 1. The lowest BCUT2D eigenvalue weighted by molar-refractivity contribution is -0.132. The molecule has 0 spiro atoms. The van der Waals surface area contributed by atoms with Gasteiger partial charge >= 0.3 is 0 Å². The van der Waals surface area contributed by atoms with Crippen molar-refractivity contribution in [3.8, 4) is 0 Å². The number of methoxy groups -OCH3 is 1. The Hall–Kier alpha value is -0.610. The lowest BCUT2D eigenvalue weighted by atomic mass is 10.2. The van der Waals surface area contributed by atoms with Crippen molar-refractivity contribution in [2.45, 2.75) is 32.8 Å². The maximum Gasteiger partial charge on any atom is 0.222 e. The van der Waals surface area contributed by atoms with Gasteiger partial charge in [-0.3, -0.25) is 4.79 Å². The summed E-state index contributed by atoms with van der Waals surface area (Å²) in [6.45, 7) is 4.96. The van der Waals surface area contributed by atoms with E-state index in [2.05, 4.69) is 0 Å². The second-order valence-electron chi connectivity index (χ2n) is 3.28. The monoisotopic (exact) mass is 203 g/mol. The maximum absolute atomic E-state index is 11.5. The molecule has 0 aliphatic heterocycles. The van der Waals surface area contributed by atoms with Gasteiger partial charge in [-0.1, -0.05) is 0 Å². The largest absolute Gasteiger partial charge is 0.395 e. The Kier molecular flexibility index (Phi) is 7.42. The van der Waals surface area contributed by atoms with Crippen LogP contribution in [-0.2, 0) is 9.53 Å². The summed E-state index contributed by atoms with van der Waals surface area (Å²) in [4.78, 5) is 13.2. The molecule has 0 aliphatic rings. The van der Waals surface area contributed by atoms with E-state index in [9.17, 15) is 4.79 Å². The highest BCUT2D eigenvalue weighted by molar-refractivity contribution is 5.76. The van der Waals surface area contributed by atoms with Crippen LogP contribution in [0.4, 0.5) is 0 Å². The van der Waals surface area contributed by atoms with E-state index in [1.165, 1.54) is 0 Å². The third-order valence-corrected chi connectivity index (χ3v) is 2.27. The fourth-order valence-electron chi connectivity index (χ4n) is 1.18. The molecule has 84 valence electrons. The first-order valence-electron chi connectivity index (χ1n) is 5.07. The number of rotatable bonds is 7. The van der Waals surface area contributed by atoms with Gasteiger partial charge in [0.2, 0.25) is 5.91 Å². The predicted molar refractivity (Wildman–Crippen MR) is 55.0 cm³/mol. The van der Waals surface area contributed by atoms with Crippen LogP contribution in [0.2, 0.25) is 0 Å². The lowest BCUT2D eigenvalue weighted by Gasteiger charge is -2.20. The van der Waals surface area contributed by atoms with Gasteiger partial charge < -0.3 is 14.7 Å². The van der Waals surface area contributed by atoms with Crippen molar-refractivity contribution < 1.29 is 14.6 Å². The van der Waals surface area contributed by atoms with Crippen molar-refractivity contribution in [1.82, 2.24) is 4.90 Å². The fourth-order valence-corrected chi connectivity index (χ4v) is 1.18. The quantitative estimate of drug-likeness (QED) is 0.660. The maximum atomic E-state index is 11.5. The molecule has 0 bridgehead atoms. The first-order valence-corrected chi connectivity index (χ1v) is 5.07. The summed E-state index contributed by atoms with van der Waals surface area (Å²) in [7, 11) is 1.64. The molecule has 0 aromatic carbocycles. The number of aliphatic hydroxyl groups excluding tert-OH is 1. The topological polar surface area (TPSA) is 49.8 Å². The van der Waals surface area contributed by atoms with Crippen LogP contribution in [0.15, 0.2) is 0 Å². The third-order valence-electron chi connectivity index (χ3n) is 2.27. The molecule has 1 amide bonds. The van der Waals surface area contributed by atoms with Crippen LogP contribution < -0.4 is 0 Å². The summed E-state index contributed by atoms with van der Waals surface area (Å²) in [5, 5.41) is 8.72. The van der Waals surface area contributed by atoms with Gasteiger partial charge in [-0.05, 0) is 20.3 Å². The molecule has 0 saturated carbocycles. The van der Waals surface area contributed by atoms with E-state index < -0.39 is 0 Å². The molecule has 4 nitrogen and oxygen atoms in total. The number of aliphatic hydroxyl groups is 1. The van der Waals surface area contributed by atoms with Crippen LogP contribution >= 0.6 is 0 Å². The van der Waals surface area contributed by atoms with Crippen molar-refractivity contribution in [1.29, 1.82) is 0 Å². The average molecular weight is 203 g/mol. The Labute approximate surface area is 85.9 Å². The van der Waals surface area contributed by atoms with Gasteiger partial charge in [0.05, 0.1) is 12.7 Å². The van der Waals surface area contributed by atoms with Crippen LogP contribution in [0, 0.1) is 0 Å². The first kappa shape index (κ1) is 13.4. The normalized spacial score (nSPS) is 12.6. The number of carbonyl (C=O) groups is 1. The summed E-state index contributed by atoms with van der Waals surface area (Å²) >= 11 is 0. The standard InChI is InChI=1S/C10H21NO3/c1-4-11(7-8-12)10(13)6-5-9(2)14-3/h9,12H,4-8H2,1-3H3. The SMILES string of the molecule is CCN(CCO)C(=O)CCC(C)OC. The zero-order valence-electron chi connectivity index (χ0n) is 9.32. The van der Waals surface area contributed by atoms with Crippen LogP contribution in [0.1, 0.15) is 26.7 Å². The highest BCUT2D eigenvalue weighted by Crippen LogP contribution is 2.03. The number of hydrogen-bond acceptors (Lipinski definition) is 3. The van der Waals surface area contributed by atoms with Crippen molar-refractivity contribution in [2.24, 2.45) is 0 Å². The van der Waals surface area contributed by atoms with Crippen molar-refractivity contribution >= 4 is 5.91 Å². The molecule has 0 fully saturated rings. The van der Waals surface area contributed by atoms with E-state index in [1.807, 2.05) is 13.8 Å². The zero-order valence-corrected chi connectivity index (χ0v) is 9.32. The molecule has 4 heteroatoms. The van der Waals surface area contributed by atoms with Gasteiger partial charge in [0.15, 0.2) is 0 Å². The number of hydrogen-bond donors (Lipinski definition) is 1. The van der Waals surface area contributed by atoms with Crippen LogP contribution in [0.5, 0.6) is 0 Å². The second kappa shape index (κ2) is 7.76. The number of amides is 1. The van der Waals surface area contributed by atoms with E-state index in [0.29, 0.717) is 19.5 Å². The summed E-state index contributed by atoms with van der Waals surface area (Å²) in [5.41, 5.74) is 0. The minimum Gasteiger partial charge on any atom is -0.395 e. The molecular weight excluding hydrogens is 182 g/mol. The third kappa shape index (κ3) is 5.19. The molecule has 0 aromatic rings. The van der Waals surface area contributed by atoms with Gasteiger partial charge in [-0.25, -0.2) is 0 Å². The Morgan fingerprint density at radius 3 is 2.64 bits per heavy atom. The molecule has 1 atom stereocenters. The van der Waals surface area contributed by atoms with E-state index in [0.717, 1.165) is 6.42 Å². The molecule has 0 radical (unpaired) electrons. The van der Waals surface area contributed by atoms with E-state index in [1.54, 1.807) is 12.0 Å². The molecule has 0 heterocycles. The van der Waals surface area contributed by atoms with E-state index in [-0.39, 0.29) is 18.6 Å². The minimum atomic E-state index is 0.0272. The molecule has 14 heavy (non-hydrogen) atoms. The summed E-state index contributed by atoms with van der Waals surface area (Å²) in [6.07, 6.45) is 1.34. The molecule has 0 saturated heterocycles. The number of likely N-dealkylation sites (N-methyl/N-ethyl adjacent to an activating group) is 1. The summed E-state index contributed by atoms with van der Waals surface area (Å²) in [6, 6.07) is 0. The van der Waals surface area contributed by atoms with E-state index >= 15 is 0 Å². The highest BCUT2D eigenvalue weighted by Gasteiger charge is 2.11. The predicted octanol–water partition coefficient (Wildman–Crippen LogP) is 0.642. The van der Waals surface area contributed by atoms with Crippen molar-refractivity contribution in [2.75, 3.05) is 26.8 Å². The Bertz CT molecular complexity index is 161. The minimum absolute atomic E-state index is 0.0272. The lowest BCUT2D eigenvalue weighted by Crippen LogP contribution is -2.33. The van der Waals surface area contributed by atoms with Crippen LogP contribution in [0.3, 0.4) is 0 Å². The summed E-state index contributed by atoms with van der Waals surface area (Å²) in [5.74, 6) is 0.0884. The van der Waals surface area contributed by atoms with Gasteiger partial charge in [0, 0.05) is 26.6 Å². The highest BCUT2D eigenvalue weighted by atomic mass is 16.5. The molecule has 0 rings (SSSR count). The van der Waals surface area contributed by atoms with Crippen LogP contribution in [-0.4, -0.2) is 48.8 Å². The smallest absolute Gasteiger partial charge is 0.222 e. The fraction of sp³-hybridized carbons (Fsp3) is 0.900. The average Bonchev–Trinajstić information content (AvgIpc) is 2.21. The van der Waals surface area contributed by atoms with Crippen molar-refractivity contribution in [3.05, 3.63) is 0 Å².